The number of alkyl halides is 2. The summed E-state index contributed by atoms with van der Waals surface area (Å²) in [4.78, 5) is -0.424. The lowest BCUT2D eigenvalue weighted by Gasteiger charge is -2.10. The SMILES string of the molecule is C[C@H](O)c1cccc(OCc2ccc(S(=O)(=O)C(F)F)cc2)c1. The van der Waals surface area contributed by atoms with Gasteiger partial charge in [-0.3, -0.25) is 0 Å². The van der Waals surface area contributed by atoms with Gasteiger partial charge < -0.3 is 9.84 Å². The number of hydrogen-bond donors (Lipinski definition) is 1. The van der Waals surface area contributed by atoms with E-state index in [0.29, 0.717) is 16.9 Å². The van der Waals surface area contributed by atoms with Crippen LogP contribution >= 0.6 is 0 Å². The van der Waals surface area contributed by atoms with Crippen LogP contribution in [-0.2, 0) is 16.4 Å². The molecule has 2 rings (SSSR count). The van der Waals surface area contributed by atoms with Crippen molar-refractivity contribution in [2.24, 2.45) is 0 Å². The lowest BCUT2D eigenvalue weighted by atomic mass is 10.1. The molecule has 0 saturated carbocycles. The van der Waals surface area contributed by atoms with Crippen molar-refractivity contribution in [1.82, 2.24) is 0 Å². The molecule has 23 heavy (non-hydrogen) atoms. The summed E-state index contributed by atoms with van der Waals surface area (Å²) in [6, 6.07) is 12.0. The zero-order valence-electron chi connectivity index (χ0n) is 12.3. The Morgan fingerprint density at radius 1 is 1.13 bits per heavy atom. The lowest BCUT2D eigenvalue weighted by Crippen LogP contribution is -2.11. The Kier molecular flexibility index (Phi) is 5.33. The van der Waals surface area contributed by atoms with Crippen LogP contribution in [-0.4, -0.2) is 19.3 Å². The maximum Gasteiger partial charge on any atom is 0.341 e. The molecule has 0 radical (unpaired) electrons. The zero-order chi connectivity index (χ0) is 17.0. The summed E-state index contributed by atoms with van der Waals surface area (Å²) in [7, 11) is -4.58. The van der Waals surface area contributed by atoms with Crippen LogP contribution in [0.4, 0.5) is 8.78 Å². The van der Waals surface area contributed by atoms with E-state index in [2.05, 4.69) is 0 Å². The highest BCUT2D eigenvalue weighted by Gasteiger charge is 2.26. The van der Waals surface area contributed by atoms with Crippen LogP contribution in [0, 0.1) is 0 Å². The summed E-state index contributed by atoms with van der Waals surface area (Å²) in [5.41, 5.74) is 1.35. The predicted molar refractivity (Wildman–Crippen MR) is 81.0 cm³/mol. The highest BCUT2D eigenvalue weighted by Crippen LogP contribution is 2.21. The number of hydrogen-bond acceptors (Lipinski definition) is 4. The normalized spacial score (nSPS) is 13.1. The van der Waals surface area contributed by atoms with E-state index in [-0.39, 0.29) is 6.61 Å². The first-order valence-electron chi connectivity index (χ1n) is 6.82. The molecule has 0 aromatic heterocycles. The molecular weight excluding hydrogens is 326 g/mol. The molecule has 1 atom stereocenters. The van der Waals surface area contributed by atoms with Gasteiger partial charge in [-0.25, -0.2) is 8.42 Å². The van der Waals surface area contributed by atoms with Crippen molar-refractivity contribution in [1.29, 1.82) is 0 Å². The van der Waals surface area contributed by atoms with Gasteiger partial charge in [-0.15, -0.1) is 0 Å². The number of sulfone groups is 1. The highest BCUT2D eigenvalue weighted by molar-refractivity contribution is 7.91. The van der Waals surface area contributed by atoms with Crippen LogP contribution in [0.25, 0.3) is 0 Å². The number of aliphatic hydroxyl groups excluding tert-OH is 1. The summed E-state index contributed by atoms with van der Waals surface area (Å²) in [6.45, 7) is 1.79. The monoisotopic (exact) mass is 342 g/mol. The Hall–Kier alpha value is -1.99. The van der Waals surface area contributed by atoms with Crippen molar-refractivity contribution < 1.29 is 27.0 Å². The van der Waals surface area contributed by atoms with Gasteiger partial charge in [-0.2, -0.15) is 8.78 Å². The summed E-state index contributed by atoms with van der Waals surface area (Å²) in [5, 5.41) is 9.51. The van der Waals surface area contributed by atoms with E-state index < -0.39 is 26.6 Å². The van der Waals surface area contributed by atoms with Crippen molar-refractivity contribution in [3.05, 3.63) is 59.7 Å². The average Bonchev–Trinajstić information content (AvgIpc) is 2.53. The van der Waals surface area contributed by atoms with Crippen LogP contribution in [0.3, 0.4) is 0 Å². The Balaban J connectivity index is 2.06. The fourth-order valence-electron chi connectivity index (χ4n) is 1.91. The van der Waals surface area contributed by atoms with E-state index in [1.807, 2.05) is 0 Å². The first-order valence-corrected chi connectivity index (χ1v) is 8.37. The third kappa shape index (κ3) is 4.27. The first kappa shape index (κ1) is 17.4. The molecule has 0 amide bonds. The molecular formula is C16H16F2O4S. The van der Waals surface area contributed by atoms with Gasteiger partial charge in [-0.05, 0) is 42.3 Å². The van der Waals surface area contributed by atoms with E-state index in [4.69, 9.17) is 4.74 Å². The number of aliphatic hydroxyl groups is 1. The molecule has 2 aromatic rings. The fourth-order valence-corrected chi connectivity index (χ4v) is 2.63. The van der Waals surface area contributed by atoms with E-state index in [0.717, 1.165) is 12.1 Å². The van der Waals surface area contributed by atoms with Crippen molar-refractivity contribution in [3.63, 3.8) is 0 Å². The van der Waals surface area contributed by atoms with E-state index >= 15 is 0 Å². The topological polar surface area (TPSA) is 63.6 Å². The molecule has 0 aliphatic carbocycles. The van der Waals surface area contributed by atoms with Crippen LogP contribution in [0.15, 0.2) is 53.4 Å². The molecule has 2 aromatic carbocycles. The minimum absolute atomic E-state index is 0.151. The van der Waals surface area contributed by atoms with Gasteiger partial charge in [0.1, 0.15) is 12.4 Å². The van der Waals surface area contributed by atoms with E-state index in [1.54, 1.807) is 31.2 Å². The van der Waals surface area contributed by atoms with Crippen molar-refractivity contribution >= 4 is 9.84 Å². The highest BCUT2D eigenvalue weighted by atomic mass is 32.2. The van der Waals surface area contributed by atoms with Gasteiger partial charge in [0.15, 0.2) is 0 Å². The summed E-state index contributed by atoms with van der Waals surface area (Å²) in [5.74, 6) is -2.89. The molecule has 0 heterocycles. The minimum Gasteiger partial charge on any atom is -0.489 e. The van der Waals surface area contributed by atoms with Crippen molar-refractivity contribution in [2.45, 2.75) is 30.3 Å². The Morgan fingerprint density at radius 3 is 2.35 bits per heavy atom. The number of ether oxygens (including phenoxy) is 1. The maximum atomic E-state index is 12.4. The summed E-state index contributed by atoms with van der Waals surface area (Å²) >= 11 is 0. The molecule has 0 fully saturated rings. The average molecular weight is 342 g/mol. The van der Waals surface area contributed by atoms with Crippen molar-refractivity contribution in [2.75, 3.05) is 0 Å². The molecule has 0 bridgehead atoms. The van der Waals surface area contributed by atoms with Crippen LogP contribution in [0.2, 0.25) is 0 Å². The quantitative estimate of drug-likeness (QED) is 0.875. The third-order valence-corrected chi connectivity index (χ3v) is 4.63. The molecule has 0 unspecified atom stereocenters. The molecule has 0 saturated heterocycles. The molecule has 1 N–H and O–H groups in total. The minimum atomic E-state index is -4.58. The third-order valence-electron chi connectivity index (χ3n) is 3.23. The molecule has 124 valence electrons. The standard InChI is InChI=1S/C16H16F2O4S/c1-11(19)13-3-2-4-14(9-13)22-10-12-5-7-15(8-6-12)23(20,21)16(17)18/h2-9,11,16,19H,10H2,1H3/t11-/m0/s1. The smallest absolute Gasteiger partial charge is 0.341 e. The molecule has 4 nitrogen and oxygen atoms in total. The number of rotatable bonds is 6. The Bertz CT molecular complexity index is 756. The lowest BCUT2D eigenvalue weighted by molar-refractivity contribution is 0.198. The fraction of sp³-hybridized carbons (Fsp3) is 0.250. The van der Waals surface area contributed by atoms with Crippen LogP contribution in [0.1, 0.15) is 24.2 Å². The second-order valence-corrected chi connectivity index (χ2v) is 6.90. The second-order valence-electron chi connectivity index (χ2n) is 4.99. The van der Waals surface area contributed by atoms with Gasteiger partial charge in [-0.1, -0.05) is 24.3 Å². The molecule has 0 aliphatic heterocycles. The molecule has 0 spiro atoms. The Morgan fingerprint density at radius 2 is 1.78 bits per heavy atom. The zero-order valence-corrected chi connectivity index (χ0v) is 13.1. The predicted octanol–water partition coefficient (Wildman–Crippen LogP) is 3.32. The number of benzene rings is 2. The van der Waals surface area contributed by atoms with E-state index in [9.17, 15) is 22.3 Å². The van der Waals surface area contributed by atoms with Gasteiger partial charge in [0.05, 0.1) is 11.0 Å². The summed E-state index contributed by atoms with van der Waals surface area (Å²) < 4.78 is 53.1. The van der Waals surface area contributed by atoms with Gasteiger partial charge in [0.25, 0.3) is 0 Å². The maximum absolute atomic E-state index is 12.4. The van der Waals surface area contributed by atoms with E-state index in [1.165, 1.54) is 12.1 Å². The molecule has 0 aliphatic rings. The van der Waals surface area contributed by atoms with Crippen molar-refractivity contribution in [3.8, 4) is 5.75 Å². The molecule has 7 heteroatoms. The van der Waals surface area contributed by atoms with Gasteiger partial charge >= 0.3 is 5.76 Å². The first-order chi connectivity index (χ1) is 10.8. The Labute approximate surface area is 133 Å². The summed E-state index contributed by atoms with van der Waals surface area (Å²) in [6.07, 6.45) is -0.614. The van der Waals surface area contributed by atoms with Crippen LogP contribution in [0.5, 0.6) is 5.75 Å². The second kappa shape index (κ2) is 7.06. The largest absolute Gasteiger partial charge is 0.489 e. The van der Waals surface area contributed by atoms with Gasteiger partial charge in [0, 0.05) is 0 Å². The van der Waals surface area contributed by atoms with Crippen LogP contribution < -0.4 is 4.74 Å². The number of halogens is 2. The van der Waals surface area contributed by atoms with Gasteiger partial charge in [0.2, 0.25) is 9.84 Å².